The average molecular weight is 498 g/mol. The third-order valence-electron chi connectivity index (χ3n) is 3.42. The molecule has 0 saturated carbocycles. The van der Waals surface area contributed by atoms with Crippen LogP contribution < -0.4 is 10.6 Å². The maximum absolute atomic E-state index is 12.0. The van der Waals surface area contributed by atoms with Crippen molar-refractivity contribution >= 4 is 62.5 Å². The molecule has 0 unspecified atom stereocenters. The summed E-state index contributed by atoms with van der Waals surface area (Å²) in [6.07, 6.45) is 0. The van der Waals surface area contributed by atoms with Crippen molar-refractivity contribution in [3.63, 3.8) is 0 Å². The molecule has 5 nitrogen and oxygen atoms in total. The monoisotopic (exact) mass is 497 g/mol. The minimum absolute atomic E-state index is 0.164. The van der Waals surface area contributed by atoms with Crippen molar-refractivity contribution in [2.75, 3.05) is 11.9 Å². The highest BCUT2D eigenvalue weighted by Crippen LogP contribution is 2.25. The first-order chi connectivity index (χ1) is 12.5. The van der Waals surface area contributed by atoms with E-state index in [2.05, 4.69) is 38.2 Å². The zero-order valence-electron chi connectivity index (χ0n) is 13.3. The number of thiazole rings is 1. The van der Waals surface area contributed by atoms with E-state index in [1.54, 1.807) is 24.3 Å². The summed E-state index contributed by atoms with van der Waals surface area (Å²) < 4.78 is 1.14. The van der Waals surface area contributed by atoms with Gasteiger partial charge in [0.25, 0.3) is 5.91 Å². The number of aromatic nitrogens is 1. The van der Waals surface area contributed by atoms with Gasteiger partial charge in [-0.1, -0.05) is 35.9 Å². The Morgan fingerprint density at radius 1 is 1.12 bits per heavy atom. The number of nitrogens with one attached hydrogen (secondary N) is 2. The van der Waals surface area contributed by atoms with Crippen LogP contribution in [0.15, 0.2) is 53.9 Å². The number of carbonyl (C=O) groups excluding carboxylic acids is 2. The number of benzene rings is 2. The Morgan fingerprint density at radius 2 is 1.85 bits per heavy atom. The molecule has 3 aromatic rings. The fraction of sp³-hybridized carbons (Fsp3) is 0.0556. The maximum atomic E-state index is 12.0. The molecule has 8 heteroatoms. The fourth-order valence-electron chi connectivity index (χ4n) is 2.15. The van der Waals surface area contributed by atoms with E-state index >= 15 is 0 Å². The van der Waals surface area contributed by atoms with Gasteiger partial charge < -0.3 is 10.6 Å². The van der Waals surface area contributed by atoms with Crippen LogP contribution in [0.2, 0.25) is 5.02 Å². The van der Waals surface area contributed by atoms with Gasteiger partial charge in [-0.05, 0) is 46.9 Å². The van der Waals surface area contributed by atoms with Crippen LogP contribution in [0.5, 0.6) is 0 Å². The molecule has 0 radical (unpaired) electrons. The highest BCUT2D eigenvalue weighted by atomic mass is 127. The summed E-state index contributed by atoms with van der Waals surface area (Å²) in [5.74, 6) is -0.751. The quantitative estimate of drug-likeness (QED) is 0.512. The van der Waals surface area contributed by atoms with Gasteiger partial charge in [-0.25, -0.2) is 4.98 Å². The molecule has 0 spiro atoms. The van der Waals surface area contributed by atoms with Crippen molar-refractivity contribution in [3.8, 4) is 11.3 Å². The van der Waals surface area contributed by atoms with Crippen molar-refractivity contribution in [2.45, 2.75) is 0 Å². The molecule has 1 aromatic heterocycles. The molecule has 2 amide bonds. The van der Waals surface area contributed by atoms with E-state index in [4.69, 9.17) is 11.6 Å². The van der Waals surface area contributed by atoms with E-state index in [-0.39, 0.29) is 12.5 Å². The van der Waals surface area contributed by atoms with Gasteiger partial charge >= 0.3 is 0 Å². The Labute approximate surface area is 172 Å². The van der Waals surface area contributed by atoms with E-state index in [1.165, 1.54) is 11.3 Å². The normalized spacial score (nSPS) is 10.4. The lowest BCUT2D eigenvalue weighted by Gasteiger charge is -2.06. The first-order valence-electron chi connectivity index (χ1n) is 7.57. The number of nitrogens with zero attached hydrogens (tertiary/aromatic N) is 1. The van der Waals surface area contributed by atoms with Crippen LogP contribution in [-0.2, 0) is 4.79 Å². The topological polar surface area (TPSA) is 71.1 Å². The Hall–Kier alpha value is -1.97. The number of halogens is 2. The molecule has 0 aliphatic carbocycles. The number of amides is 2. The standard InChI is InChI=1S/C18H13ClIN3O2S/c19-14-4-2-1-3-13(14)17(25)21-9-16(24)23-18-22-15(10-26-18)11-5-7-12(20)8-6-11/h1-8,10H,9H2,(H,21,25)(H,22,23,24). The van der Waals surface area contributed by atoms with E-state index in [9.17, 15) is 9.59 Å². The number of anilines is 1. The SMILES string of the molecule is O=C(CNC(=O)c1ccccc1Cl)Nc1nc(-c2ccc(I)cc2)cs1. The van der Waals surface area contributed by atoms with Crippen LogP contribution in [0.3, 0.4) is 0 Å². The second kappa shape index (κ2) is 8.61. The molecule has 0 atom stereocenters. The minimum atomic E-state index is -0.399. The molecule has 0 aliphatic heterocycles. The number of carbonyl (C=O) groups is 2. The number of rotatable bonds is 5. The van der Waals surface area contributed by atoms with Gasteiger partial charge in [0.2, 0.25) is 5.91 Å². The molecular weight excluding hydrogens is 485 g/mol. The predicted octanol–water partition coefficient (Wildman–Crippen LogP) is 4.44. The lowest BCUT2D eigenvalue weighted by molar-refractivity contribution is -0.115. The van der Waals surface area contributed by atoms with Crippen LogP contribution in [-0.4, -0.2) is 23.3 Å². The number of hydrogen-bond acceptors (Lipinski definition) is 4. The van der Waals surface area contributed by atoms with Crippen LogP contribution in [0.1, 0.15) is 10.4 Å². The van der Waals surface area contributed by atoms with Gasteiger partial charge in [-0.2, -0.15) is 0 Å². The van der Waals surface area contributed by atoms with Crippen LogP contribution in [0.25, 0.3) is 11.3 Å². The highest BCUT2D eigenvalue weighted by molar-refractivity contribution is 14.1. The summed E-state index contributed by atoms with van der Waals surface area (Å²) in [6, 6.07) is 14.6. The van der Waals surface area contributed by atoms with E-state index in [1.807, 2.05) is 29.6 Å². The van der Waals surface area contributed by atoms with Gasteiger partial charge in [0.1, 0.15) is 0 Å². The second-order valence-corrected chi connectivity index (χ2v) is 7.77. The molecule has 2 N–H and O–H groups in total. The van der Waals surface area contributed by atoms with Crippen molar-refractivity contribution in [3.05, 3.63) is 68.1 Å². The summed E-state index contributed by atoms with van der Waals surface area (Å²) in [6.45, 7) is -0.164. The van der Waals surface area contributed by atoms with E-state index in [0.717, 1.165) is 14.8 Å². The smallest absolute Gasteiger partial charge is 0.253 e. The van der Waals surface area contributed by atoms with Crippen LogP contribution >= 0.6 is 45.5 Å². The molecule has 132 valence electrons. The second-order valence-electron chi connectivity index (χ2n) is 5.26. The largest absolute Gasteiger partial charge is 0.343 e. The predicted molar refractivity (Wildman–Crippen MR) is 113 cm³/mol. The van der Waals surface area contributed by atoms with Gasteiger partial charge in [0.15, 0.2) is 5.13 Å². The summed E-state index contributed by atoms with van der Waals surface area (Å²) in [7, 11) is 0. The maximum Gasteiger partial charge on any atom is 0.253 e. The van der Waals surface area contributed by atoms with Crippen molar-refractivity contribution in [1.82, 2.24) is 10.3 Å². The zero-order chi connectivity index (χ0) is 18.5. The van der Waals surface area contributed by atoms with Crippen LogP contribution in [0.4, 0.5) is 5.13 Å². The molecule has 0 saturated heterocycles. The molecule has 0 fully saturated rings. The average Bonchev–Trinajstić information content (AvgIpc) is 3.09. The first-order valence-corrected chi connectivity index (χ1v) is 9.90. The molecule has 1 heterocycles. The molecule has 3 rings (SSSR count). The lowest BCUT2D eigenvalue weighted by atomic mass is 10.2. The van der Waals surface area contributed by atoms with Gasteiger partial charge in [0.05, 0.1) is 22.8 Å². The summed E-state index contributed by atoms with van der Waals surface area (Å²) in [5.41, 5.74) is 2.10. The molecule has 26 heavy (non-hydrogen) atoms. The third kappa shape index (κ3) is 4.80. The molecule has 0 aliphatic rings. The zero-order valence-corrected chi connectivity index (χ0v) is 17.1. The Bertz CT molecular complexity index is 944. The Morgan fingerprint density at radius 3 is 2.58 bits per heavy atom. The van der Waals surface area contributed by atoms with Gasteiger partial charge in [0, 0.05) is 14.5 Å². The van der Waals surface area contributed by atoms with Crippen molar-refractivity contribution < 1.29 is 9.59 Å². The molecular formula is C18H13ClIN3O2S. The lowest BCUT2D eigenvalue weighted by Crippen LogP contribution is -2.32. The summed E-state index contributed by atoms with van der Waals surface area (Å²) in [4.78, 5) is 28.5. The van der Waals surface area contributed by atoms with Crippen molar-refractivity contribution in [1.29, 1.82) is 0 Å². The summed E-state index contributed by atoms with van der Waals surface area (Å²) >= 11 is 9.54. The van der Waals surface area contributed by atoms with E-state index in [0.29, 0.717) is 15.7 Å². The fourth-order valence-corrected chi connectivity index (χ4v) is 3.47. The van der Waals surface area contributed by atoms with Crippen LogP contribution in [0, 0.1) is 3.57 Å². The first kappa shape index (κ1) is 18.8. The summed E-state index contributed by atoms with van der Waals surface area (Å²) in [5, 5.41) is 7.93. The Balaban J connectivity index is 1.56. The highest BCUT2D eigenvalue weighted by Gasteiger charge is 2.12. The minimum Gasteiger partial charge on any atom is -0.343 e. The van der Waals surface area contributed by atoms with Crippen molar-refractivity contribution in [2.24, 2.45) is 0 Å². The third-order valence-corrected chi connectivity index (χ3v) is 5.22. The Kier molecular flexibility index (Phi) is 6.23. The number of hydrogen-bond donors (Lipinski definition) is 2. The molecule has 2 aromatic carbocycles. The van der Waals surface area contributed by atoms with E-state index < -0.39 is 5.91 Å². The van der Waals surface area contributed by atoms with Gasteiger partial charge in [-0.15, -0.1) is 11.3 Å². The molecule has 0 bridgehead atoms. The van der Waals surface area contributed by atoms with Gasteiger partial charge in [-0.3, -0.25) is 9.59 Å².